The fourth-order valence-corrected chi connectivity index (χ4v) is 1.78. The first-order valence-electron chi connectivity index (χ1n) is 6.52. The summed E-state index contributed by atoms with van der Waals surface area (Å²) in [6.07, 6.45) is 0.709. The van der Waals surface area contributed by atoms with Gasteiger partial charge in [-0.05, 0) is 38.0 Å². The normalized spacial score (nSPS) is 12.9. The number of methoxy groups -OCH3 is 1. The molecule has 1 atom stereocenters. The number of carbonyl (C=O) groups is 1. The monoisotopic (exact) mass is 265 g/mol. The molecule has 1 amide bonds. The third-order valence-corrected chi connectivity index (χ3v) is 3.43. The number of nitrogens with one attached hydrogen (secondary N) is 1. The Morgan fingerprint density at radius 3 is 2.37 bits per heavy atom. The topological polar surface area (TPSA) is 58.6 Å². The molecule has 1 unspecified atom stereocenters. The van der Waals surface area contributed by atoms with Gasteiger partial charge in [-0.25, -0.2) is 0 Å². The Labute approximate surface area is 114 Å². The molecular weight excluding hydrogens is 242 g/mol. The van der Waals surface area contributed by atoms with Crippen LogP contribution in [0.2, 0.25) is 0 Å². The predicted molar refractivity (Wildman–Crippen MR) is 75.3 cm³/mol. The second-order valence-corrected chi connectivity index (χ2v) is 5.11. The lowest BCUT2D eigenvalue weighted by Crippen LogP contribution is -2.46. The predicted octanol–water partition coefficient (Wildman–Crippen LogP) is 1.86. The number of hydrogen-bond acceptors (Lipinski definition) is 3. The average molecular weight is 265 g/mol. The number of rotatable bonds is 6. The van der Waals surface area contributed by atoms with E-state index in [-0.39, 0.29) is 18.6 Å². The van der Waals surface area contributed by atoms with Crippen LogP contribution >= 0.6 is 0 Å². The van der Waals surface area contributed by atoms with Crippen LogP contribution in [0.5, 0.6) is 5.75 Å². The number of amides is 1. The van der Waals surface area contributed by atoms with Gasteiger partial charge in [0.1, 0.15) is 5.75 Å². The number of aliphatic hydroxyl groups is 1. The molecule has 4 nitrogen and oxygen atoms in total. The molecule has 0 aliphatic carbocycles. The molecule has 1 aromatic rings. The molecule has 2 N–H and O–H groups in total. The van der Waals surface area contributed by atoms with E-state index in [1.54, 1.807) is 7.11 Å². The highest BCUT2D eigenvalue weighted by atomic mass is 16.5. The summed E-state index contributed by atoms with van der Waals surface area (Å²) in [7, 11) is 1.61. The van der Waals surface area contributed by atoms with Gasteiger partial charge in [0.2, 0.25) is 5.91 Å². The summed E-state index contributed by atoms with van der Waals surface area (Å²) < 4.78 is 5.11. The van der Waals surface area contributed by atoms with E-state index in [1.165, 1.54) is 0 Å². The van der Waals surface area contributed by atoms with Crippen molar-refractivity contribution in [3.8, 4) is 5.75 Å². The van der Waals surface area contributed by atoms with Gasteiger partial charge in [0, 0.05) is 0 Å². The zero-order valence-corrected chi connectivity index (χ0v) is 12.1. The number of hydrogen-bond donors (Lipinski definition) is 2. The van der Waals surface area contributed by atoms with E-state index in [0.29, 0.717) is 6.42 Å². The van der Waals surface area contributed by atoms with E-state index in [1.807, 2.05) is 45.0 Å². The Morgan fingerprint density at radius 2 is 1.95 bits per heavy atom. The summed E-state index contributed by atoms with van der Waals surface area (Å²) in [4.78, 5) is 12.3. The molecule has 0 saturated carbocycles. The summed E-state index contributed by atoms with van der Waals surface area (Å²) in [5, 5.41) is 12.0. The first-order chi connectivity index (χ1) is 8.95. The van der Waals surface area contributed by atoms with Crippen LogP contribution in [0.25, 0.3) is 0 Å². The molecule has 19 heavy (non-hydrogen) atoms. The number of aliphatic hydroxyl groups excluding tert-OH is 1. The minimum absolute atomic E-state index is 0.0407. The molecule has 1 rings (SSSR count). The average Bonchev–Trinajstić information content (AvgIpc) is 2.44. The van der Waals surface area contributed by atoms with E-state index >= 15 is 0 Å². The molecule has 0 radical (unpaired) electrons. The van der Waals surface area contributed by atoms with Gasteiger partial charge in [-0.1, -0.05) is 19.1 Å². The van der Waals surface area contributed by atoms with Crippen LogP contribution in [-0.2, 0) is 10.2 Å². The smallest absolute Gasteiger partial charge is 0.230 e. The molecule has 4 heteroatoms. The van der Waals surface area contributed by atoms with Gasteiger partial charge in [-0.2, -0.15) is 0 Å². The zero-order chi connectivity index (χ0) is 14.5. The van der Waals surface area contributed by atoms with Gasteiger partial charge in [0.05, 0.1) is 25.2 Å². The Bertz CT molecular complexity index is 408. The molecule has 0 saturated heterocycles. The second-order valence-electron chi connectivity index (χ2n) is 5.11. The highest BCUT2D eigenvalue weighted by Crippen LogP contribution is 2.25. The first kappa shape index (κ1) is 15.5. The molecule has 0 aliphatic rings. The number of carbonyl (C=O) groups excluding carboxylic acids is 1. The number of ether oxygens (including phenoxy) is 1. The maximum absolute atomic E-state index is 12.3. The van der Waals surface area contributed by atoms with Gasteiger partial charge in [0.25, 0.3) is 0 Å². The summed E-state index contributed by atoms with van der Waals surface area (Å²) >= 11 is 0. The van der Waals surface area contributed by atoms with Crippen molar-refractivity contribution in [1.82, 2.24) is 5.32 Å². The van der Waals surface area contributed by atoms with Crippen LogP contribution in [0.4, 0.5) is 0 Å². The molecule has 0 fully saturated rings. The quantitative estimate of drug-likeness (QED) is 0.825. The minimum Gasteiger partial charge on any atom is -0.497 e. The molecular formula is C15H23NO3. The van der Waals surface area contributed by atoms with Crippen LogP contribution < -0.4 is 10.1 Å². The van der Waals surface area contributed by atoms with Crippen molar-refractivity contribution in [3.05, 3.63) is 29.8 Å². The minimum atomic E-state index is -0.644. The highest BCUT2D eigenvalue weighted by Gasteiger charge is 2.30. The van der Waals surface area contributed by atoms with E-state index in [2.05, 4.69) is 5.32 Å². The molecule has 0 aromatic heterocycles. The van der Waals surface area contributed by atoms with Crippen molar-refractivity contribution < 1.29 is 14.6 Å². The molecule has 0 aliphatic heterocycles. The van der Waals surface area contributed by atoms with Gasteiger partial charge in [0.15, 0.2) is 0 Å². The fraction of sp³-hybridized carbons (Fsp3) is 0.533. The van der Waals surface area contributed by atoms with Crippen molar-refractivity contribution in [1.29, 1.82) is 0 Å². The maximum Gasteiger partial charge on any atom is 0.230 e. The van der Waals surface area contributed by atoms with Gasteiger partial charge >= 0.3 is 0 Å². The lowest BCUT2D eigenvalue weighted by Gasteiger charge is -2.27. The van der Waals surface area contributed by atoms with E-state index in [4.69, 9.17) is 9.84 Å². The van der Waals surface area contributed by atoms with Crippen molar-refractivity contribution >= 4 is 5.91 Å². The Hall–Kier alpha value is -1.55. The summed E-state index contributed by atoms with van der Waals surface area (Å²) in [5.74, 6) is 0.681. The third-order valence-electron chi connectivity index (χ3n) is 3.43. The molecule has 0 spiro atoms. The van der Waals surface area contributed by atoms with E-state index in [0.717, 1.165) is 11.3 Å². The van der Waals surface area contributed by atoms with Gasteiger partial charge < -0.3 is 15.2 Å². The van der Waals surface area contributed by atoms with Crippen molar-refractivity contribution in [2.45, 2.75) is 38.6 Å². The van der Waals surface area contributed by atoms with E-state index < -0.39 is 5.41 Å². The molecule has 0 bridgehead atoms. The lowest BCUT2D eigenvalue weighted by molar-refractivity contribution is -0.126. The van der Waals surface area contributed by atoms with Gasteiger partial charge in [-0.3, -0.25) is 4.79 Å². The van der Waals surface area contributed by atoms with Crippen LogP contribution in [0.3, 0.4) is 0 Å². The standard InChI is InChI=1S/C15H23NO3/c1-5-12(10-17)16-14(18)15(2,3)11-6-8-13(19-4)9-7-11/h6-9,12,17H,5,10H2,1-4H3,(H,16,18). The van der Waals surface area contributed by atoms with Crippen molar-refractivity contribution in [2.24, 2.45) is 0 Å². The van der Waals surface area contributed by atoms with Crippen LogP contribution in [-0.4, -0.2) is 30.8 Å². The molecule has 106 valence electrons. The third kappa shape index (κ3) is 3.70. The Kier molecular flexibility index (Phi) is 5.36. The van der Waals surface area contributed by atoms with Crippen LogP contribution in [0, 0.1) is 0 Å². The maximum atomic E-state index is 12.3. The SMILES string of the molecule is CCC(CO)NC(=O)C(C)(C)c1ccc(OC)cc1. The van der Waals surface area contributed by atoms with Gasteiger partial charge in [-0.15, -0.1) is 0 Å². The number of benzene rings is 1. The molecule has 1 aromatic carbocycles. The highest BCUT2D eigenvalue weighted by molar-refractivity contribution is 5.87. The Balaban J connectivity index is 2.85. The summed E-state index contributed by atoms with van der Waals surface area (Å²) in [6.45, 7) is 5.63. The second kappa shape index (κ2) is 6.57. The summed E-state index contributed by atoms with van der Waals surface area (Å²) in [5.41, 5.74) is 0.271. The fourth-order valence-electron chi connectivity index (χ4n) is 1.78. The lowest BCUT2D eigenvalue weighted by atomic mass is 9.83. The van der Waals surface area contributed by atoms with Crippen molar-refractivity contribution in [2.75, 3.05) is 13.7 Å². The zero-order valence-electron chi connectivity index (χ0n) is 12.1. The van der Waals surface area contributed by atoms with E-state index in [9.17, 15) is 4.79 Å². The van der Waals surface area contributed by atoms with Crippen LogP contribution in [0.15, 0.2) is 24.3 Å². The summed E-state index contributed by atoms with van der Waals surface area (Å²) in [6, 6.07) is 7.27. The van der Waals surface area contributed by atoms with Crippen LogP contribution in [0.1, 0.15) is 32.8 Å². The van der Waals surface area contributed by atoms with Crippen molar-refractivity contribution in [3.63, 3.8) is 0 Å². The first-order valence-corrected chi connectivity index (χ1v) is 6.52. The largest absolute Gasteiger partial charge is 0.497 e. The Morgan fingerprint density at radius 1 is 1.37 bits per heavy atom. The molecule has 0 heterocycles.